The standard InChI is InChI=1S/C22H27FN4O6S/c1-4-26(5-2)34(31,32)17-7-8-19(20(15-17)27(29)30)24-10-12-25(13-11-24)22(28)16-6-9-21(33-3)18(23)14-16/h6-9,14-15H,4-5,10-13H2,1-3H3. The number of rotatable bonds is 8. The lowest BCUT2D eigenvalue weighted by atomic mass is 10.1. The van der Waals surface area contributed by atoms with Crippen LogP contribution in [0.4, 0.5) is 15.8 Å². The van der Waals surface area contributed by atoms with Crippen molar-refractivity contribution in [3.63, 3.8) is 0 Å². The molecule has 0 N–H and O–H groups in total. The molecule has 2 aromatic carbocycles. The number of halogens is 1. The van der Waals surface area contributed by atoms with Gasteiger partial charge in [0, 0.05) is 50.9 Å². The molecule has 3 rings (SSSR count). The minimum atomic E-state index is -3.85. The summed E-state index contributed by atoms with van der Waals surface area (Å²) < 4.78 is 45.7. The number of hydrogen-bond donors (Lipinski definition) is 0. The van der Waals surface area contributed by atoms with Gasteiger partial charge in [0.15, 0.2) is 11.6 Å². The van der Waals surface area contributed by atoms with E-state index < -0.39 is 20.8 Å². The molecule has 0 radical (unpaired) electrons. The lowest BCUT2D eigenvalue weighted by Crippen LogP contribution is -2.49. The van der Waals surface area contributed by atoms with Gasteiger partial charge in [-0.3, -0.25) is 14.9 Å². The quantitative estimate of drug-likeness (QED) is 0.410. The lowest BCUT2D eigenvalue weighted by Gasteiger charge is -2.36. The van der Waals surface area contributed by atoms with Crippen LogP contribution in [0.25, 0.3) is 0 Å². The highest BCUT2D eigenvalue weighted by Crippen LogP contribution is 2.32. The van der Waals surface area contributed by atoms with E-state index in [1.54, 1.807) is 23.6 Å². The average molecular weight is 495 g/mol. The Morgan fingerprint density at radius 2 is 1.76 bits per heavy atom. The summed E-state index contributed by atoms with van der Waals surface area (Å²) in [5, 5.41) is 11.8. The van der Waals surface area contributed by atoms with E-state index in [2.05, 4.69) is 0 Å². The van der Waals surface area contributed by atoms with Crippen molar-refractivity contribution in [3.8, 4) is 5.75 Å². The number of amides is 1. The Hall–Kier alpha value is -3.25. The summed E-state index contributed by atoms with van der Waals surface area (Å²) in [6, 6.07) is 7.87. The molecule has 0 aromatic heterocycles. The molecule has 12 heteroatoms. The third kappa shape index (κ3) is 4.97. The molecule has 1 aliphatic rings. The van der Waals surface area contributed by atoms with E-state index >= 15 is 0 Å². The molecule has 0 unspecified atom stereocenters. The molecule has 0 bridgehead atoms. The van der Waals surface area contributed by atoms with E-state index in [1.807, 2.05) is 0 Å². The van der Waals surface area contributed by atoms with E-state index in [0.29, 0.717) is 13.1 Å². The van der Waals surface area contributed by atoms with Crippen LogP contribution in [0.3, 0.4) is 0 Å². The maximum absolute atomic E-state index is 14.0. The largest absolute Gasteiger partial charge is 0.494 e. The van der Waals surface area contributed by atoms with Crippen LogP contribution >= 0.6 is 0 Å². The second-order valence-electron chi connectivity index (χ2n) is 7.63. The Bertz CT molecular complexity index is 1180. The van der Waals surface area contributed by atoms with Gasteiger partial charge in [0.05, 0.1) is 16.9 Å². The SMILES string of the molecule is CCN(CC)S(=O)(=O)c1ccc(N2CCN(C(=O)c3ccc(OC)c(F)c3)CC2)c([N+](=O)[O-])c1. The predicted octanol–water partition coefficient (Wildman–Crippen LogP) is 2.74. The van der Waals surface area contributed by atoms with Crippen LogP contribution in [0.5, 0.6) is 5.75 Å². The van der Waals surface area contributed by atoms with Crippen LogP contribution in [-0.2, 0) is 10.0 Å². The smallest absolute Gasteiger partial charge is 0.293 e. The van der Waals surface area contributed by atoms with Crippen molar-refractivity contribution < 1.29 is 27.3 Å². The number of carbonyl (C=O) groups excluding carboxylic acids is 1. The number of ether oxygens (including phenoxy) is 1. The molecule has 2 aromatic rings. The molecule has 10 nitrogen and oxygen atoms in total. The Kier molecular flexibility index (Phi) is 7.72. The number of nitro groups is 1. The number of nitrogens with zero attached hydrogens (tertiary/aromatic N) is 4. The van der Waals surface area contributed by atoms with Gasteiger partial charge < -0.3 is 14.5 Å². The highest BCUT2D eigenvalue weighted by atomic mass is 32.2. The van der Waals surface area contributed by atoms with Gasteiger partial charge in [-0.15, -0.1) is 0 Å². The lowest BCUT2D eigenvalue weighted by molar-refractivity contribution is -0.384. The second-order valence-corrected chi connectivity index (χ2v) is 9.56. The van der Waals surface area contributed by atoms with E-state index in [0.717, 1.165) is 12.1 Å². The topological polar surface area (TPSA) is 113 Å². The highest BCUT2D eigenvalue weighted by Gasteiger charge is 2.30. The third-order valence-corrected chi connectivity index (χ3v) is 7.84. The Morgan fingerprint density at radius 1 is 1.12 bits per heavy atom. The minimum Gasteiger partial charge on any atom is -0.494 e. The van der Waals surface area contributed by atoms with E-state index in [-0.39, 0.29) is 59.7 Å². The Labute approximate surface area is 197 Å². The number of anilines is 1. The van der Waals surface area contributed by atoms with E-state index in [9.17, 15) is 27.7 Å². The Morgan fingerprint density at radius 3 is 2.29 bits per heavy atom. The van der Waals surface area contributed by atoms with Gasteiger partial charge >= 0.3 is 0 Å². The van der Waals surface area contributed by atoms with Crippen molar-refractivity contribution in [2.45, 2.75) is 18.7 Å². The highest BCUT2D eigenvalue weighted by molar-refractivity contribution is 7.89. The van der Waals surface area contributed by atoms with Gasteiger partial charge in [0.1, 0.15) is 5.69 Å². The minimum absolute atomic E-state index is 0.0418. The van der Waals surface area contributed by atoms with Crippen LogP contribution < -0.4 is 9.64 Å². The van der Waals surface area contributed by atoms with Crippen LogP contribution in [-0.4, -0.2) is 74.8 Å². The van der Waals surface area contributed by atoms with Crippen LogP contribution in [0.2, 0.25) is 0 Å². The summed E-state index contributed by atoms with van der Waals surface area (Å²) in [5.41, 5.74) is 0.153. The van der Waals surface area contributed by atoms with Gasteiger partial charge in [0.2, 0.25) is 10.0 Å². The maximum atomic E-state index is 14.0. The monoisotopic (exact) mass is 494 g/mol. The average Bonchev–Trinajstić information content (AvgIpc) is 2.83. The van der Waals surface area contributed by atoms with Gasteiger partial charge in [-0.25, -0.2) is 12.8 Å². The number of hydrogen-bond acceptors (Lipinski definition) is 7. The molecule has 0 atom stereocenters. The zero-order chi connectivity index (χ0) is 25.0. The fourth-order valence-electron chi connectivity index (χ4n) is 3.92. The number of benzene rings is 2. The molecule has 1 saturated heterocycles. The van der Waals surface area contributed by atoms with Crippen molar-refractivity contribution in [2.24, 2.45) is 0 Å². The fraction of sp³-hybridized carbons (Fsp3) is 0.409. The molecule has 1 aliphatic heterocycles. The fourth-order valence-corrected chi connectivity index (χ4v) is 5.40. The van der Waals surface area contributed by atoms with E-state index in [4.69, 9.17) is 4.74 Å². The predicted molar refractivity (Wildman–Crippen MR) is 124 cm³/mol. The molecule has 0 saturated carbocycles. The molecule has 0 aliphatic carbocycles. The molecular weight excluding hydrogens is 467 g/mol. The first kappa shape index (κ1) is 25.4. The van der Waals surface area contributed by atoms with Crippen LogP contribution in [0.1, 0.15) is 24.2 Å². The number of methoxy groups -OCH3 is 1. The summed E-state index contributed by atoms with van der Waals surface area (Å²) in [4.78, 5) is 27.1. The van der Waals surface area contributed by atoms with Crippen molar-refractivity contribution in [1.82, 2.24) is 9.21 Å². The van der Waals surface area contributed by atoms with Crippen LogP contribution in [0.15, 0.2) is 41.3 Å². The van der Waals surface area contributed by atoms with Gasteiger partial charge in [-0.05, 0) is 30.3 Å². The van der Waals surface area contributed by atoms with Gasteiger partial charge in [0.25, 0.3) is 11.6 Å². The van der Waals surface area contributed by atoms with Crippen molar-refractivity contribution in [1.29, 1.82) is 0 Å². The first-order chi connectivity index (χ1) is 16.1. The third-order valence-electron chi connectivity index (χ3n) is 5.79. The van der Waals surface area contributed by atoms with Crippen molar-refractivity contribution >= 4 is 27.3 Å². The number of nitro benzene ring substituents is 1. The zero-order valence-electron chi connectivity index (χ0n) is 19.2. The summed E-state index contributed by atoms with van der Waals surface area (Å²) >= 11 is 0. The zero-order valence-corrected chi connectivity index (χ0v) is 20.0. The van der Waals surface area contributed by atoms with Crippen molar-refractivity contribution in [3.05, 3.63) is 57.9 Å². The summed E-state index contributed by atoms with van der Waals surface area (Å²) in [7, 11) is -2.51. The first-order valence-electron chi connectivity index (χ1n) is 10.8. The van der Waals surface area contributed by atoms with E-state index in [1.165, 1.54) is 35.7 Å². The number of carbonyl (C=O) groups is 1. The molecule has 184 valence electrons. The van der Waals surface area contributed by atoms with Crippen LogP contribution in [0, 0.1) is 15.9 Å². The molecule has 0 spiro atoms. The van der Waals surface area contributed by atoms with Gasteiger partial charge in [-0.1, -0.05) is 13.8 Å². The second kappa shape index (κ2) is 10.3. The molecule has 1 fully saturated rings. The van der Waals surface area contributed by atoms with Crippen molar-refractivity contribution in [2.75, 3.05) is 51.3 Å². The molecular formula is C22H27FN4O6S. The summed E-state index contributed by atoms with van der Waals surface area (Å²) in [5.74, 6) is -0.945. The molecule has 1 amide bonds. The first-order valence-corrected chi connectivity index (χ1v) is 12.2. The number of piperazine rings is 1. The summed E-state index contributed by atoms with van der Waals surface area (Å²) in [6.07, 6.45) is 0. The Balaban J connectivity index is 1.79. The van der Waals surface area contributed by atoms with Gasteiger partial charge in [-0.2, -0.15) is 4.31 Å². The normalized spacial score (nSPS) is 14.4. The summed E-state index contributed by atoms with van der Waals surface area (Å²) in [6.45, 7) is 5.04. The molecule has 34 heavy (non-hydrogen) atoms. The number of sulfonamides is 1. The molecule has 1 heterocycles. The maximum Gasteiger partial charge on any atom is 0.293 e.